The van der Waals surface area contributed by atoms with Crippen molar-refractivity contribution in [1.29, 1.82) is 0 Å². The van der Waals surface area contributed by atoms with Crippen molar-refractivity contribution in [3.8, 4) is 0 Å². The van der Waals surface area contributed by atoms with Crippen LogP contribution in [0.1, 0.15) is 11.1 Å². The van der Waals surface area contributed by atoms with Crippen LogP contribution in [0.3, 0.4) is 0 Å². The first kappa shape index (κ1) is 9.50. The highest BCUT2D eigenvalue weighted by Crippen LogP contribution is 2.24. The molecule has 0 nitrogen and oxygen atoms in total. The van der Waals surface area contributed by atoms with Crippen molar-refractivity contribution in [1.82, 2.24) is 0 Å². The smallest absolute Gasteiger partial charge is 0.0406 e. The van der Waals surface area contributed by atoms with Gasteiger partial charge in [-0.3, -0.25) is 0 Å². The van der Waals surface area contributed by atoms with Crippen LogP contribution in [0.5, 0.6) is 0 Å². The van der Waals surface area contributed by atoms with Gasteiger partial charge in [0, 0.05) is 5.02 Å². The van der Waals surface area contributed by atoms with E-state index in [1.807, 2.05) is 24.3 Å². The summed E-state index contributed by atoms with van der Waals surface area (Å²) in [6, 6.07) is 9.81. The van der Waals surface area contributed by atoms with Crippen LogP contribution < -0.4 is 0 Å². The first-order chi connectivity index (χ1) is 6.77. The van der Waals surface area contributed by atoms with E-state index in [0.717, 1.165) is 16.2 Å². The van der Waals surface area contributed by atoms with Gasteiger partial charge in [-0.25, -0.2) is 0 Å². The van der Waals surface area contributed by atoms with Gasteiger partial charge in [0.1, 0.15) is 0 Å². The standard InChI is InChI=1S/C12H9ClS/c1-9(11-6-7-14-8-11)10-2-4-12(13)5-3-10/h2-8H,1H2. The van der Waals surface area contributed by atoms with Crippen molar-refractivity contribution in [2.24, 2.45) is 0 Å². The lowest BCUT2D eigenvalue weighted by Gasteiger charge is -2.03. The van der Waals surface area contributed by atoms with Crippen molar-refractivity contribution >= 4 is 28.5 Å². The highest BCUT2D eigenvalue weighted by atomic mass is 35.5. The normalized spacial score (nSPS) is 10.1. The molecule has 2 heteroatoms. The van der Waals surface area contributed by atoms with E-state index < -0.39 is 0 Å². The predicted molar refractivity (Wildman–Crippen MR) is 63.9 cm³/mol. The van der Waals surface area contributed by atoms with E-state index in [9.17, 15) is 0 Å². The molecular weight excluding hydrogens is 212 g/mol. The molecule has 0 atom stereocenters. The van der Waals surface area contributed by atoms with Crippen LogP contribution in [0.25, 0.3) is 5.57 Å². The molecule has 70 valence electrons. The Morgan fingerprint density at radius 2 is 1.79 bits per heavy atom. The molecule has 0 amide bonds. The lowest BCUT2D eigenvalue weighted by atomic mass is 10.0. The van der Waals surface area contributed by atoms with Crippen molar-refractivity contribution in [3.63, 3.8) is 0 Å². The topological polar surface area (TPSA) is 0 Å². The monoisotopic (exact) mass is 220 g/mol. The minimum atomic E-state index is 0.756. The summed E-state index contributed by atoms with van der Waals surface area (Å²) in [6.45, 7) is 4.06. The molecular formula is C12H9ClS. The maximum Gasteiger partial charge on any atom is 0.0406 e. The van der Waals surface area contributed by atoms with Crippen LogP contribution >= 0.6 is 22.9 Å². The van der Waals surface area contributed by atoms with Gasteiger partial charge in [0.15, 0.2) is 0 Å². The van der Waals surface area contributed by atoms with Gasteiger partial charge in [0.2, 0.25) is 0 Å². The molecule has 0 saturated carbocycles. The molecule has 0 fully saturated rings. The third-order valence-electron chi connectivity index (χ3n) is 2.06. The number of rotatable bonds is 2. The summed E-state index contributed by atoms with van der Waals surface area (Å²) < 4.78 is 0. The third kappa shape index (κ3) is 1.89. The minimum absolute atomic E-state index is 0.756. The summed E-state index contributed by atoms with van der Waals surface area (Å²) >= 11 is 7.49. The Hall–Kier alpha value is -1.05. The Bertz CT molecular complexity index is 426. The Labute approximate surface area is 92.5 Å². The van der Waals surface area contributed by atoms with Gasteiger partial charge in [-0.1, -0.05) is 30.3 Å². The van der Waals surface area contributed by atoms with Crippen molar-refractivity contribution in [2.75, 3.05) is 0 Å². The highest BCUT2D eigenvalue weighted by Gasteiger charge is 2.01. The zero-order chi connectivity index (χ0) is 9.97. The SMILES string of the molecule is C=C(c1ccc(Cl)cc1)c1ccsc1. The van der Waals surface area contributed by atoms with Crippen LogP contribution in [0.15, 0.2) is 47.7 Å². The molecule has 1 aromatic carbocycles. The minimum Gasteiger partial charge on any atom is -0.152 e. The Balaban J connectivity index is 2.33. The molecule has 0 aliphatic rings. The number of hydrogen-bond donors (Lipinski definition) is 0. The highest BCUT2D eigenvalue weighted by molar-refractivity contribution is 7.08. The van der Waals surface area contributed by atoms with Gasteiger partial charge in [-0.2, -0.15) is 11.3 Å². The van der Waals surface area contributed by atoms with E-state index in [1.165, 1.54) is 5.56 Å². The average molecular weight is 221 g/mol. The Morgan fingerprint density at radius 1 is 1.07 bits per heavy atom. The average Bonchev–Trinajstić information content (AvgIpc) is 2.71. The molecule has 0 spiro atoms. The molecule has 0 saturated heterocycles. The van der Waals surface area contributed by atoms with Crippen LogP contribution in [0.2, 0.25) is 5.02 Å². The summed E-state index contributed by atoms with van der Waals surface area (Å²) in [5.41, 5.74) is 3.34. The van der Waals surface area contributed by atoms with E-state index in [1.54, 1.807) is 11.3 Å². The molecule has 0 unspecified atom stereocenters. The summed E-state index contributed by atoms with van der Waals surface area (Å²) in [4.78, 5) is 0. The zero-order valence-corrected chi connectivity index (χ0v) is 9.11. The summed E-state index contributed by atoms with van der Waals surface area (Å²) in [6.07, 6.45) is 0. The van der Waals surface area contributed by atoms with Gasteiger partial charge in [-0.05, 0) is 45.7 Å². The van der Waals surface area contributed by atoms with E-state index in [4.69, 9.17) is 11.6 Å². The molecule has 14 heavy (non-hydrogen) atoms. The van der Waals surface area contributed by atoms with E-state index in [-0.39, 0.29) is 0 Å². The Kier molecular flexibility index (Phi) is 2.71. The van der Waals surface area contributed by atoms with Crippen LogP contribution in [-0.4, -0.2) is 0 Å². The number of halogens is 1. The molecule has 0 N–H and O–H groups in total. The van der Waals surface area contributed by atoms with E-state index in [2.05, 4.69) is 23.4 Å². The second-order valence-electron chi connectivity index (χ2n) is 3.00. The molecule has 1 aromatic heterocycles. The van der Waals surface area contributed by atoms with Crippen molar-refractivity contribution in [2.45, 2.75) is 0 Å². The molecule has 1 heterocycles. The summed E-state index contributed by atoms with van der Waals surface area (Å²) in [7, 11) is 0. The predicted octanol–water partition coefficient (Wildman–Crippen LogP) is 4.46. The molecule has 0 radical (unpaired) electrons. The Morgan fingerprint density at radius 3 is 2.36 bits per heavy atom. The summed E-state index contributed by atoms with van der Waals surface area (Å²) in [5.74, 6) is 0. The quantitative estimate of drug-likeness (QED) is 0.701. The van der Waals surface area contributed by atoms with Crippen molar-refractivity contribution < 1.29 is 0 Å². The van der Waals surface area contributed by atoms with Crippen molar-refractivity contribution in [3.05, 3.63) is 63.8 Å². The fraction of sp³-hybridized carbons (Fsp3) is 0. The van der Waals surface area contributed by atoms with Gasteiger partial charge in [0.05, 0.1) is 0 Å². The van der Waals surface area contributed by atoms with Gasteiger partial charge in [-0.15, -0.1) is 0 Å². The lowest BCUT2D eigenvalue weighted by molar-refractivity contribution is 1.60. The molecule has 2 aromatic rings. The molecule has 0 aliphatic carbocycles. The number of thiophene rings is 1. The van der Waals surface area contributed by atoms with Crippen LogP contribution in [0.4, 0.5) is 0 Å². The maximum atomic E-state index is 5.81. The number of benzene rings is 1. The third-order valence-corrected chi connectivity index (χ3v) is 3.00. The summed E-state index contributed by atoms with van der Waals surface area (Å²) in [5, 5.41) is 4.90. The number of hydrogen-bond acceptors (Lipinski definition) is 1. The van der Waals surface area contributed by atoms with E-state index in [0.29, 0.717) is 0 Å². The van der Waals surface area contributed by atoms with Gasteiger partial charge >= 0.3 is 0 Å². The first-order valence-electron chi connectivity index (χ1n) is 4.25. The second kappa shape index (κ2) is 3.99. The largest absolute Gasteiger partial charge is 0.152 e. The first-order valence-corrected chi connectivity index (χ1v) is 5.57. The fourth-order valence-electron chi connectivity index (χ4n) is 1.25. The van der Waals surface area contributed by atoms with Crippen LogP contribution in [0, 0.1) is 0 Å². The second-order valence-corrected chi connectivity index (χ2v) is 4.21. The van der Waals surface area contributed by atoms with E-state index >= 15 is 0 Å². The lowest BCUT2D eigenvalue weighted by Crippen LogP contribution is -1.82. The van der Waals surface area contributed by atoms with Gasteiger partial charge < -0.3 is 0 Å². The zero-order valence-electron chi connectivity index (χ0n) is 7.53. The molecule has 2 rings (SSSR count). The maximum absolute atomic E-state index is 5.81. The fourth-order valence-corrected chi connectivity index (χ4v) is 2.05. The van der Waals surface area contributed by atoms with Gasteiger partial charge in [0.25, 0.3) is 0 Å². The van der Waals surface area contributed by atoms with Crippen LogP contribution in [-0.2, 0) is 0 Å². The molecule has 0 aliphatic heterocycles. The molecule has 0 bridgehead atoms.